The third-order valence-corrected chi connectivity index (χ3v) is 4.92. The highest BCUT2D eigenvalue weighted by atomic mass is 35.5. The summed E-state index contributed by atoms with van der Waals surface area (Å²) in [5, 5.41) is 9.58. The maximum atomic E-state index is 12.7. The number of benzene rings is 3. The number of rotatable bonds is 5. The standard InChI is InChI=1S/C23H18Cl2N4O3/c1-14-6-4-7-15(12-14)27-21(30)16-8-2-3-11-20(16)28-22(31)23(32)29-26-13-17-18(24)9-5-10-19(17)25/h2-13H,1H3,(H,27,30)(H,28,31)(H,29,32)/b26-13+. The first kappa shape index (κ1) is 23.0. The molecule has 3 aromatic carbocycles. The molecule has 3 amide bonds. The van der Waals surface area contributed by atoms with Crippen molar-refractivity contribution in [3.05, 3.63) is 93.5 Å². The van der Waals surface area contributed by atoms with Crippen LogP contribution in [0.5, 0.6) is 0 Å². The van der Waals surface area contributed by atoms with E-state index >= 15 is 0 Å². The van der Waals surface area contributed by atoms with Crippen LogP contribution < -0.4 is 16.1 Å². The molecule has 3 aromatic rings. The second-order valence-corrected chi connectivity index (χ2v) is 7.47. The van der Waals surface area contributed by atoms with Crippen LogP contribution >= 0.6 is 23.2 Å². The Labute approximate surface area is 194 Å². The number of hydrogen-bond acceptors (Lipinski definition) is 4. The Kier molecular flexibility index (Phi) is 7.59. The number of halogens is 2. The van der Waals surface area contributed by atoms with Crippen LogP contribution in [0, 0.1) is 6.92 Å². The molecule has 0 heterocycles. The fourth-order valence-electron chi connectivity index (χ4n) is 2.73. The van der Waals surface area contributed by atoms with Gasteiger partial charge < -0.3 is 10.6 Å². The number of nitrogens with zero attached hydrogens (tertiary/aromatic N) is 1. The lowest BCUT2D eigenvalue weighted by Gasteiger charge is -2.11. The van der Waals surface area contributed by atoms with E-state index in [1.54, 1.807) is 36.4 Å². The highest BCUT2D eigenvalue weighted by Gasteiger charge is 2.18. The highest BCUT2D eigenvalue weighted by molar-refractivity contribution is 6.40. The zero-order valence-corrected chi connectivity index (χ0v) is 18.4. The molecule has 0 atom stereocenters. The lowest BCUT2D eigenvalue weighted by atomic mass is 10.1. The van der Waals surface area contributed by atoms with Crippen molar-refractivity contribution in [1.82, 2.24) is 5.43 Å². The van der Waals surface area contributed by atoms with Crippen molar-refractivity contribution in [3.63, 3.8) is 0 Å². The molecule has 9 heteroatoms. The minimum Gasteiger partial charge on any atom is -0.322 e. The van der Waals surface area contributed by atoms with E-state index in [0.29, 0.717) is 21.3 Å². The summed E-state index contributed by atoms with van der Waals surface area (Å²) in [7, 11) is 0. The van der Waals surface area contributed by atoms with Gasteiger partial charge in [0, 0.05) is 11.3 Å². The molecule has 7 nitrogen and oxygen atoms in total. The Morgan fingerprint density at radius 2 is 1.53 bits per heavy atom. The van der Waals surface area contributed by atoms with Crippen molar-refractivity contribution in [1.29, 1.82) is 0 Å². The molecule has 0 aliphatic heterocycles. The monoisotopic (exact) mass is 468 g/mol. The zero-order valence-electron chi connectivity index (χ0n) is 16.9. The quantitative estimate of drug-likeness (QED) is 0.288. The number of anilines is 2. The van der Waals surface area contributed by atoms with E-state index < -0.39 is 17.7 Å². The molecule has 0 unspecified atom stereocenters. The predicted octanol–water partition coefficient (Wildman–Crippen LogP) is 4.64. The number of aryl methyl sites for hydroxylation is 1. The van der Waals surface area contributed by atoms with Gasteiger partial charge in [0.05, 0.1) is 27.5 Å². The molecule has 0 aliphatic rings. The maximum absolute atomic E-state index is 12.7. The number of carbonyl (C=O) groups excluding carboxylic acids is 3. The second-order valence-electron chi connectivity index (χ2n) is 6.66. The fraction of sp³-hybridized carbons (Fsp3) is 0.0435. The van der Waals surface area contributed by atoms with Crippen LogP contribution in [0.25, 0.3) is 0 Å². The van der Waals surface area contributed by atoms with Crippen molar-refractivity contribution in [2.45, 2.75) is 6.92 Å². The Hall–Kier alpha value is -3.68. The molecule has 0 saturated carbocycles. The van der Waals surface area contributed by atoms with E-state index in [1.165, 1.54) is 18.3 Å². The summed E-state index contributed by atoms with van der Waals surface area (Å²) in [5.41, 5.74) is 4.47. The minimum atomic E-state index is -1.03. The molecule has 0 aliphatic carbocycles. The third-order valence-electron chi connectivity index (χ3n) is 4.26. The van der Waals surface area contributed by atoms with E-state index in [-0.39, 0.29) is 11.3 Å². The smallest absolute Gasteiger partial charge is 0.322 e. The van der Waals surface area contributed by atoms with Crippen LogP contribution in [-0.2, 0) is 9.59 Å². The lowest BCUT2D eigenvalue weighted by molar-refractivity contribution is -0.136. The number of nitrogens with one attached hydrogen (secondary N) is 3. The van der Waals surface area contributed by atoms with E-state index in [1.807, 2.05) is 25.1 Å². The second kappa shape index (κ2) is 10.6. The van der Waals surface area contributed by atoms with Crippen LogP contribution in [0.15, 0.2) is 71.8 Å². The number of hydrazone groups is 1. The van der Waals surface area contributed by atoms with Gasteiger partial charge >= 0.3 is 11.8 Å². The van der Waals surface area contributed by atoms with E-state index in [9.17, 15) is 14.4 Å². The minimum absolute atomic E-state index is 0.177. The molecule has 0 saturated heterocycles. The molecule has 162 valence electrons. The number of para-hydroxylation sites is 1. The van der Waals surface area contributed by atoms with Gasteiger partial charge in [-0.25, -0.2) is 5.43 Å². The van der Waals surface area contributed by atoms with Gasteiger partial charge in [-0.3, -0.25) is 14.4 Å². The van der Waals surface area contributed by atoms with Crippen molar-refractivity contribution >= 4 is 58.5 Å². The molecule has 0 spiro atoms. The van der Waals surface area contributed by atoms with Crippen molar-refractivity contribution in [3.8, 4) is 0 Å². The van der Waals surface area contributed by atoms with Crippen molar-refractivity contribution < 1.29 is 14.4 Å². The molecular formula is C23H18Cl2N4O3. The first-order chi connectivity index (χ1) is 15.3. The summed E-state index contributed by atoms with van der Waals surface area (Å²) in [6.07, 6.45) is 1.24. The van der Waals surface area contributed by atoms with Gasteiger partial charge in [0.2, 0.25) is 0 Å². The number of hydrogen-bond donors (Lipinski definition) is 3. The van der Waals surface area contributed by atoms with Crippen LogP contribution in [-0.4, -0.2) is 23.9 Å². The topological polar surface area (TPSA) is 99.7 Å². The van der Waals surface area contributed by atoms with Crippen LogP contribution in [0.1, 0.15) is 21.5 Å². The Morgan fingerprint density at radius 1 is 0.844 bits per heavy atom. The van der Waals surface area contributed by atoms with E-state index in [4.69, 9.17) is 23.2 Å². The summed E-state index contributed by atoms with van der Waals surface area (Å²) in [6.45, 7) is 1.91. The van der Waals surface area contributed by atoms with E-state index in [2.05, 4.69) is 21.2 Å². The number of amides is 3. The Bertz CT molecular complexity index is 1190. The average Bonchev–Trinajstić information content (AvgIpc) is 2.76. The first-order valence-electron chi connectivity index (χ1n) is 9.40. The normalized spacial score (nSPS) is 10.6. The molecule has 0 aromatic heterocycles. The molecule has 0 radical (unpaired) electrons. The van der Waals surface area contributed by atoms with Gasteiger partial charge in [0.1, 0.15) is 0 Å². The van der Waals surface area contributed by atoms with Gasteiger partial charge in [-0.05, 0) is 48.9 Å². The third kappa shape index (κ3) is 5.94. The van der Waals surface area contributed by atoms with Crippen LogP contribution in [0.2, 0.25) is 10.0 Å². The van der Waals surface area contributed by atoms with Gasteiger partial charge in [-0.1, -0.05) is 53.5 Å². The Balaban J connectivity index is 1.66. The molecule has 3 rings (SSSR count). The Morgan fingerprint density at radius 3 is 2.25 bits per heavy atom. The van der Waals surface area contributed by atoms with Gasteiger partial charge in [0.15, 0.2) is 0 Å². The fourth-order valence-corrected chi connectivity index (χ4v) is 3.23. The van der Waals surface area contributed by atoms with Crippen LogP contribution in [0.3, 0.4) is 0 Å². The molecule has 3 N–H and O–H groups in total. The van der Waals surface area contributed by atoms with Gasteiger partial charge in [0.25, 0.3) is 5.91 Å². The van der Waals surface area contributed by atoms with Gasteiger partial charge in [-0.2, -0.15) is 5.10 Å². The molecule has 0 bridgehead atoms. The number of carbonyl (C=O) groups is 3. The summed E-state index contributed by atoms with van der Waals surface area (Å²) in [6, 6.07) is 18.5. The SMILES string of the molecule is Cc1cccc(NC(=O)c2ccccc2NC(=O)C(=O)N/N=C/c2c(Cl)cccc2Cl)c1. The summed E-state index contributed by atoms with van der Waals surface area (Å²) in [5.74, 6) is -2.46. The highest BCUT2D eigenvalue weighted by Crippen LogP contribution is 2.22. The predicted molar refractivity (Wildman–Crippen MR) is 126 cm³/mol. The van der Waals surface area contributed by atoms with E-state index in [0.717, 1.165) is 5.56 Å². The summed E-state index contributed by atoms with van der Waals surface area (Å²) >= 11 is 12.0. The molecule has 0 fully saturated rings. The largest absolute Gasteiger partial charge is 0.329 e. The first-order valence-corrected chi connectivity index (χ1v) is 10.2. The average molecular weight is 469 g/mol. The van der Waals surface area contributed by atoms with Crippen molar-refractivity contribution in [2.24, 2.45) is 5.10 Å². The summed E-state index contributed by atoms with van der Waals surface area (Å²) in [4.78, 5) is 37.1. The maximum Gasteiger partial charge on any atom is 0.329 e. The molecule has 32 heavy (non-hydrogen) atoms. The van der Waals surface area contributed by atoms with Gasteiger partial charge in [-0.15, -0.1) is 0 Å². The van der Waals surface area contributed by atoms with Crippen LogP contribution in [0.4, 0.5) is 11.4 Å². The van der Waals surface area contributed by atoms with Crippen molar-refractivity contribution in [2.75, 3.05) is 10.6 Å². The lowest BCUT2D eigenvalue weighted by Crippen LogP contribution is -2.33. The zero-order chi connectivity index (χ0) is 23.1. The molecular weight excluding hydrogens is 451 g/mol. The summed E-state index contributed by atoms with van der Waals surface area (Å²) < 4.78 is 0.